The number of rotatable bonds is 7. The van der Waals surface area contributed by atoms with Crippen molar-refractivity contribution in [2.75, 3.05) is 37.6 Å². The molecule has 1 amide bonds. The Kier molecular flexibility index (Phi) is 6.64. The van der Waals surface area contributed by atoms with Crippen molar-refractivity contribution < 1.29 is 4.79 Å². The molecule has 3 unspecified atom stereocenters. The maximum atomic E-state index is 12.6. The first-order valence-electron chi connectivity index (χ1n) is 11.1. The number of carbonyl (C=O) groups is 1. The van der Waals surface area contributed by atoms with Crippen molar-refractivity contribution in [3.05, 3.63) is 64.7 Å². The highest BCUT2D eigenvalue weighted by Crippen LogP contribution is 2.49. The van der Waals surface area contributed by atoms with Crippen LogP contribution in [0, 0.1) is 12.8 Å². The fourth-order valence-corrected chi connectivity index (χ4v) is 4.73. The summed E-state index contributed by atoms with van der Waals surface area (Å²) < 4.78 is 0. The van der Waals surface area contributed by atoms with E-state index in [0.29, 0.717) is 0 Å². The molecular formula is C25H32ClN3O. The third-order valence-electron chi connectivity index (χ3n) is 6.44. The number of halogens is 1. The summed E-state index contributed by atoms with van der Waals surface area (Å²) in [6, 6.07) is 16.8. The molecule has 1 aliphatic carbocycles. The monoisotopic (exact) mass is 425 g/mol. The van der Waals surface area contributed by atoms with Crippen molar-refractivity contribution in [1.29, 1.82) is 0 Å². The third-order valence-corrected chi connectivity index (χ3v) is 6.78. The van der Waals surface area contributed by atoms with E-state index in [2.05, 4.69) is 53.2 Å². The van der Waals surface area contributed by atoms with Gasteiger partial charge in [0.15, 0.2) is 0 Å². The molecule has 1 saturated heterocycles. The van der Waals surface area contributed by atoms with Crippen LogP contribution in [0.3, 0.4) is 0 Å². The van der Waals surface area contributed by atoms with Crippen molar-refractivity contribution in [3.8, 4) is 0 Å². The van der Waals surface area contributed by atoms with Gasteiger partial charge in [0.2, 0.25) is 5.91 Å². The maximum absolute atomic E-state index is 12.6. The molecule has 0 bridgehead atoms. The lowest BCUT2D eigenvalue weighted by Crippen LogP contribution is -2.47. The van der Waals surface area contributed by atoms with Crippen molar-refractivity contribution in [2.45, 2.75) is 38.6 Å². The highest BCUT2D eigenvalue weighted by atomic mass is 35.5. The average molecular weight is 426 g/mol. The van der Waals surface area contributed by atoms with Gasteiger partial charge in [-0.15, -0.1) is 0 Å². The number of piperazine rings is 1. The lowest BCUT2D eigenvalue weighted by molar-refractivity contribution is -0.123. The Morgan fingerprint density at radius 1 is 1.13 bits per heavy atom. The van der Waals surface area contributed by atoms with Gasteiger partial charge in [0.25, 0.3) is 0 Å². The van der Waals surface area contributed by atoms with Crippen molar-refractivity contribution >= 4 is 23.2 Å². The zero-order chi connectivity index (χ0) is 21.1. The normalized spacial score (nSPS) is 22.6. The molecule has 0 radical (unpaired) electrons. The molecule has 160 valence electrons. The van der Waals surface area contributed by atoms with E-state index in [1.165, 1.54) is 11.3 Å². The van der Waals surface area contributed by atoms with Gasteiger partial charge in [-0.1, -0.05) is 41.9 Å². The number of nitrogens with one attached hydrogen (secondary N) is 1. The lowest BCUT2D eigenvalue weighted by atomic mass is 10.1. The first kappa shape index (κ1) is 21.2. The quantitative estimate of drug-likeness (QED) is 0.710. The molecule has 4 nitrogen and oxygen atoms in total. The van der Waals surface area contributed by atoms with Crippen LogP contribution >= 0.6 is 11.6 Å². The summed E-state index contributed by atoms with van der Waals surface area (Å²) in [7, 11) is 0. The van der Waals surface area contributed by atoms with E-state index in [-0.39, 0.29) is 23.8 Å². The molecule has 0 aromatic heterocycles. The summed E-state index contributed by atoms with van der Waals surface area (Å²) in [5, 5.41) is 4.00. The molecule has 1 saturated carbocycles. The standard InChI is InChI=1S/C25H32ClN3O/c1-18-6-5-7-20(16-18)29-14-12-28(13-15-29)11-10-19(2)27-25(30)23-17-22(23)21-8-3-4-9-24(21)26/h3-9,16,19,22-23H,10-15,17H2,1-2H3,(H,27,30). The lowest BCUT2D eigenvalue weighted by Gasteiger charge is -2.36. The second-order valence-corrected chi connectivity index (χ2v) is 9.24. The van der Waals surface area contributed by atoms with Crippen LogP contribution in [0.25, 0.3) is 0 Å². The van der Waals surface area contributed by atoms with Crippen LogP contribution in [-0.2, 0) is 4.79 Å². The minimum absolute atomic E-state index is 0.0743. The Balaban J connectivity index is 1.17. The number of carbonyl (C=O) groups excluding carboxylic acids is 1. The first-order chi connectivity index (χ1) is 14.5. The van der Waals surface area contributed by atoms with Gasteiger partial charge in [0, 0.05) is 55.4 Å². The van der Waals surface area contributed by atoms with Crippen LogP contribution < -0.4 is 10.2 Å². The van der Waals surface area contributed by atoms with E-state index in [0.717, 1.165) is 56.2 Å². The molecule has 30 heavy (non-hydrogen) atoms. The molecule has 2 aliphatic rings. The highest BCUT2D eigenvalue weighted by molar-refractivity contribution is 6.31. The number of nitrogens with zero attached hydrogens (tertiary/aromatic N) is 2. The van der Waals surface area contributed by atoms with Crippen LogP contribution in [0.1, 0.15) is 36.8 Å². The third kappa shape index (κ3) is 5.16. The molecule has 5 heteroatoms. The Hall–Kier alpha value is -2.04. The SMILES string of the molecule is Cc1cccc(N2CCN(CCC(C)NC(=O)C3CC3c3ccccc3Cl)CC2)c1. The smallest absolute Gasteiger partial charge is 0.223 e. The number of anilines is 1. The zero-order valence-corrected chi connectivity index (χ0v) is 18.7. The predicted octanol–water partition coefficient (Wildman–Crippen LogP) is 4.47. The van der Waals surface area contributed by atoms with E-state index in [9.17, 15) is 4.79 Å². The highest BCUT2D eigenvalue weighted by Gasteiger charge is 2.44. The largest absolute Gasteiger partial charge is 0.369 e. The minimum Gasteiger partial charge on any atom is -0.369 e. The van der Waals surface area contributed by atoms with Gasteiger partial charge in [-0.25, -0.2) is 0 Å². The Bertz CT molecular complexity index is 878. The van der Waals surface area contributed by atoms with E-state index < -0.39 is 0 Å². The molecule has 0 spiro atoms. The second-order valence-electron chi connectivity index (χ2n) is 8.84. The molecule has 1 heterocycles. The van der Waals surface area contributed by atoms with Gasteiger partial charge >= 0.3 is 0 Å². The summed E-state index contributed by atoms with van der Waals surface area (Å²) in [6.07, 6.45) is 1.89. The van der Waals surface area contributed by atoms with Gasteiger partial charge in [0.1, 0.15) is 0 Å². The van der Waals surface area contributed by atoms with Crippen molar-refractivity contribution in [2.24, 2.45) is 5.92 Å². The summed E-state index contributed by atoms with van der Waals surface area (Å²) >= 11 is 6.29. The van der Waals surface area contributed by atoms with E-state index >= 15 is 0 Å². The van der Waals surface area contributed by atoms with Gasteiger partial charge < -0.3 is 10.2 Å². The van der Waals surface area contributed by atoms with E-state index in [4.69, 9.17) is 11.6 Å². The number of aryl methyl sites for hydroxylation is 1. The summed E-state index contributed by atoms with van der Waals surface area (Å²) in [6.45, 7) is 9.57. The number of hydrogen-bond donors (Lipinski definition) is 1. The Morgan fingerprint density at radius 2 is 1.90 bits per heavy atom. The Labute approximate surface area is 185 Å². The van der Waals surface area contributed by atoms with Crippen LogP contribution in [0.15, 0.2) is 48.5 Å². The second kappa shape index (κ2) is 9.40. The summed E-state index contributed by atoms with van der Waals surface area (Å²) in [5.41, 5.74) is 3.75. The topological polar surface area (TPSA) is 35.6 Å². The van der Waals surface area contributed by atoms with E-state index in [1.807, 2.05) is 24.3 Å². The molecule has 4 rings (SSSR count). The first-order valence-corrected chi connectivity index (χ1v) is 11.5. The van der Waals surface area contributed by atoms with Crippen molar-refractivity contribution in [3.63, 3.8) is 0 Å². The molecule has 3 atom stereocenters. The van der Waals surface area contributed by atoms with Crippen LogP contribution in [0.5, 0.6) is 0 Å². The van der Waals surface area contributed by atoms with Gasteiger partial charge in [0.05, 0.1) is 0 Å². The van der Waals surface area contributed by atoms with Crippen LogP contribution in [0.4, 0.5) is 5.69 Å². The van der Waals surface area contributed by atoms with Gasteiger partial charge in [-0.05, 0) is 61.9 Å². The number of hydrogen-bond acceptors (Lipinski definition) is 3. The molecule has 2 fully saturated rings. The molecular weight excluding hydrogens is 394 g/mol. The molecule has 2 aromatic rings. The van der Waals surface area contributed by atoms with Crippen molar-refractivity contribution in [1.82, 2.24) is 10.2 Å². The summed E-state index contributed by atoms with van der Waals surface area (Å²) in [5.74, 6) is 0.530. The molecule has 2 aromatic carbocycles. The Morgan fingerprint density at radius 3 is 2.63 bits per heavy atom. The average Bonchev–Trinajstić information content (AvgIpc) is 3.54. The maximum Gasteiger partial charge on any atom is 0.223 e. The predicted molar refractivity (Wildman–Crippen MR) is 124 cm³/mol. The van der Waals surface area contributed by atoms with Crippen LogP contribution in [-0.4, -0.2) is 49.6 Å². The number of amides is 1. The summed E-state index contributed by atoms with van der Waals surface area (Å²) in [4.78, 5) is 17.6. The molecule has 1 aliphatic heterocycles. The van der Waals surface area contributed by atoms with E-state index in [1.54, 1.807) is 0 Å². The fraction of sp³-hybridized carbons (Fsp3) is 0.480. The van der Waals surface area contributed by atoms with Gasteiger partial charge in [-0.2, -0.15) is 0 Å². The zero-order valence-electron chi connectivity index (χ0n) is 18.0. The minimum atomic E-state index is 0.0743. The number of benzene rings is 2. The van der Waals surface area contributed by atoms with Gasteiger partial charge in [-0.3, -0.25) is 9.69 Å². The van der Waals surface area contributed by atoms with Crippen LogP contribution in [0.2, 0.25) is 5.02 Å². The fourth-order valence-electron chi connectivity index (χ4n) is 4.46. The molecule has 1 N–H and O–H groups in total.